The van der Waals surface area contributed by atoms with E-state index in [9.17, 15) is 9.18 Å². The Morgan fingerprint density at radius 1 is 1.44 bits per heavy atom. The van der Waals surface area contributed by atoms with Crippen LogP contribution in [0, 0.1) is 5.82 Å². The summed E-state index contributed by atoms with van der Waals surface area (Å²) in [5.41, 5.74) is 0.153. The van der Waals surface area contributed by atoms with E-state index in [-0.39, 0.29) is 11.5 Å². The van der Waals surface area contributed by atoms with Gasteiger partial charge in [-0.2, -0.15) is 11.8 Å². The third kappa shape index (κ3) is 2.88. The van der Waals surface area contributed by atoms with E-state index in [2.05, 4.69) is 22.2 Å². The van der Waals surface area contributed by atoms with Crippen molar-refractivity contribution in [3.8, 4) is 0 Å². The van der Waals surface area contributed by atoms with Crippen LogP contribution in [-0.2, 0) is 0 Å². The Morgan fingerprint density at radius 3 is 2.67 bits per heavy atom. The topological polar surface area (TPSA) is 20.3 Å². The summed E-state index contributed by atoms with van der Waals surface area (Å²) < 4.78 is 14.2. The van der Waals surface area contributed by atoms with Crippen molar-refractivity contribution in [1.29, 1.82) is 0 Å². The summed E-state index contributed by atoms with van der Waals surface area (Å²) in [4.78, 5) is 14.0. The molecule has 1 heterocycles. The van der Waals surface area contributed by atoms with Crippen molar-refractivity contribution in [1.82, 2.24) is 4.90 Å². The van der Waals surface area contributed by atoms with Crippen LogP contribution in [0.15, 0.2) is 22.7 Å². The van der Waals surface area contributed by atoms with Crippen molar-refractivity contribution in [2.75, 3.05) is 19.3 Å². The van der Waals surface area contributed by atoms with Gasteiger partial charge in [-0.1, -0.05) is 6.07 Å². The summed E-state index contributed by atoms with van der Waals surface area (Å²) in [7, 11) is 0. The molecule has 0 aromatic heterocycles. The van der Waals surface area contributed by atoms with E-state index in [1.807, 2.05) is 11.8 Å². The van der Waals surface area contributed by atoms with Gasteiger partial charge in [-0.05, 0) is 47.2 Å². The number of carbonyl (C=O) groups is 1. The first kappa shape index (κ1) is 13.9. The van der Waals surface area contributed by atoms with Crippen molar-refractivity contribution in [2.45, 2.75) is 18.1 Å². The van der Waals surface area contributed by atoms with Crippen LogP contribution in [0.5, 0.6) is 0 Å². The molecule has 1 saturated heterocycles. The van der Waals surface area contributed by atoms with Crippen LogP contribution >= 0.6 is 27.7 Å². The minimum Gasteiger partial charge on any atom is -0.338 e. The molecule has 0 spiro atoms. The van der Waals surface area contributed by atoms with E-state index in [0.29, 0.717) is 22.8 Å². The highest BCUT2D eigenvalue weighted by Crippen LogP contribution is 2.25. The molecule has 98 valence electrons. The highest BCUT2D eigenvalue weighted by molar-refractivity contribution is 9.10. The van der Waals surface area contributed by atoms with E-state index in [1.165, 1.54) is 6.07 Å². The highest BCUT2D eigenvalue weighted by Gasteiger charge is 2.26. The molecule has 2 rings (SSSR count). The summed E-state index contributed by atoms with van der Waals surface area (Å²) in [5, 5.41) is 0.623. The Morgan fingerprint density at radius 2 is 2.11 bits per heavy atom. The van der Waals surface area contributed by atoms with Gasteiger partial charge < -0.3 is 4.90 Å². The molecule has 0 saturated carbocycles. The number of nitrogens with zero attached hydrogens (tertiary/aromatic N) is 1. The predicted molar refractivity (Wildman–Crippen MR) is 76.5 cm³/mol. The third-order valence-corrected chi connectivity index (χ3v) is 5.04. The van der Waals surface area contributed by atoms with Gasteiger partial charge in [0.25, 0.3) is 5.91 Å². The molecule has 1 amide bonds. The van der Waals surface area contributed by atoms with Gasteiger partial charge in [0, 0.05) is 22.8 Å². The van der Waals surface area contributed by atoms with Crippen LogP contribution in [0.2, 0.25) is 0 Å². The maximum Gasteiger partial charge on any atom is 0.257 e. The fourth-order valence-electron chi connectivity index (χ4n) is 2.15. The Kier molecular flexibility index (Phi) is 4.67. The largest absolute Gasteiger partial charge is 0.338 e. The molecule has 0 unspecified atom stereocenters. The van der Waals surface area contributed by atoms with Crippen LogP contribution in [0.25, 0.3) is 0 Å². The van der Waals surface area contributed by atoms with Gasteiger partial charge in [-0.25, -0.2) is 4.39 Å². The van der Waals surface area contributed by atoms with E-state index in [1.54, 1.807) is 17.0 Å². The zero-order valence-electron chi connectivity index (χ0n) is 10.2. The van der Waals surface area contributed by atoms with Gasteiger partial charge in [0.1, 0.15) is 5.82 Å². The lowest BCUT2D eigenvalue weighted by Gasteiger charge is -2.31. The van der Waals surface area contributed by atoms with Crippen molar-refractivity contribution in [3.05, 3.63) is 34.1 Å². The second-order valence-electron chi connectivity index (χ2n) is 4.32. The van der Waals surface area contributed by atoms with Crippen LogP contribution in [0.3, 0.4) is 0 Å². The van der Waals surface area contributed by atoms with E-state index in [4.69, 9.17) is 0 Å². The molecule has 5 heteroatoms. The van der Waals surface area contributed by atoms with Crippen molar-refractivity contribution in [3.63, 3.8) is 0 Å². The average Bonchev–Trinajstić information content (AvgIpc) is 2.38. The van der Waals surface area contributed by atoms with Crippen molar-refractivity contribution in [2.24, 2.45) is 0 Å². The first-order valence-electron chi connectivity index (χ1n) is 5.89. The Balaban J connectivity index is 2.13. The van der Waals surface area contributed by atoms with Crippen LogP contribution in [0.1, 0.15) is 23.2 Å². The quantitative estimate of drug-likeness (QED) is 0.825. The van der Waals surface area contributed by atoms with Crippen molar-refractivity contribution >= 4 is 33.6 Å². The fraction of sp³-hybridized carbons (Fsp3) is 0.462. The zero-order valence-corrected chi connectivity index (χ0v) is 12.6. The maximum absolute atomic E-state index is 13.7. The molecule has 1 aromatic carbocycles. The lowest BCUT2D eigenvalue weighted by molar-refractivity contribution is 0.0722. The minimum atomic E-state index is -0.457. The molecule has 1 aliphatic heterocycles. The van der Waals surface area contributed by atoms with Gasteiger partial charge in [-0.15, -0.1) is 0 Å². The van der Waals surface area contributed by atoms with Gasteiger partial charge in [0.2, 0.25) is 0 Å². The van der Waals surface area contributed by atoms with Crippen molar-refractivity contribution < 1.29 is 9.18 Å². The van der Waals surface area contributed by atoms with Gasteiger partial charge in [0.15, 0.2) is 0 Å². The number of hydrogen-bond donors (Lipinski definition) is 0. The maximum atomic E-state index is 13.7. The molecule has 0 bridgehead atoms. The van der Waals surface area contributed by atoms with E-state index >= 15 is 0 Å². The number of amides is 1. The second-order valence-corrected chi connectivity index (χ2v) is 6.32. The number of likely N-dealkylation sites (tertiary alicyclic amines) is 1. The molecule has 0 radical (unpaired) electrons. The first-order valence-corrected chi connectivity index (χ1v) is 7.97. The van der Waals surface area contributed by atoms with Crippen LogP contribution < -0.4 is 0 Å². The van der Waals surface area contributed by atoms with Gasteiger partial charge >= 0.3 is 0 Å². The van der Waals surface area contributed by atoms with Crippen LogP contribution in [-0.4, -0.2) is 35.4 Å². The normalized spacial score (nSPS) is 16.9. The third-order valence-electron chi connectivity index (χ3n) is 3.24. The predicted octanol–water partition coefficient (Wildman–Crippen LogP) is 3.56. The summed E-state index contributed by atoms with van der Waals surface area (Å²) >= 11 is 5.09. The average molecular weight is 332 g/mol. The molecular formula is C13H15BrFNOS. The van der Waals surface area contributed by atoms with Gasteiger partial charge in [-0.3, -0.25) is 4.79 Å². The SMILES string of the molecule is CSC1CCN(C(=O)c2c(F)cccc2Br)CC1. The number of rotatable bonds is 2. The van der Waals surface area contributed by atoms with E-state index in [0.717, 1.165) is 12.8 Å². The van der Waals surface area contributed by atoms with E-state index < -0.39 is 5.82 Å². The molecule has 18 heavy (non-hydrogen) atoms. The minimum absolute atomic E-state index is 0.153. The number of thioether (sulfide) groups is 1. The molecule has 1 aromatic rings. The Hall–Kier alpha value is -0.550. The summed E-state index contributed by atoms with van der Waals surface area (Å²) in [6, 6.07) is 4.62. The van der Waals surface area contributed by atoms with Gasteiger partial charge in [0.05, 0.1) is 5.56 Å². The second kappa shape index (κ2) is 6.06. The Labute approximate surface area is 119 Å². The molecule has 0 N–H and O–H groups in total. The lowest BCUT2D eigenvalue weighted by Crippen LogP contribution is -2.39. The molecule has 0 aliphatic carbocycles. The van der Waals surface area contributed by atoms with Crippen LogP contribution in [0.4, 0.5) is 4.39 Å². The Bertz CT molecular complexity index is 426. The molecule has 1 aliphatic rings. The number of carbonyl (C=O) groups excluding carboxylic acids is 1. The summed E-state index contributed by atoms with van der Waals surface area (Å²) in [5.74, 6) is -0.666. The smallest absolute Gasteiger partial charge is 0.257 e. The molecular weight excluding hydrogens is 317 g/mol. The number of hydrogen-bond acceptors (Lipinski definition) is 2. The zero-order chi connectivity index (χ0) is 13.1. The highest BCUT2D eigenvalue weighted by atomic mass is 79.9. The lowest BCUT2D eigenvalue weighted by atomic mass is 10.1. The molecule has 2 nitrogen and oxygen atoms in total. The standard InChI is InChI=1S/C13H15BrFNOS/c1-18-9-5-7-16(8-6-9)13(17)12-10(14)3-2-4-11(12)15/h2-4,9H,5-8H2,1H3. The fourth-order valence-corrected chi connectivity index (χ4v) is 3.35. The summed E-state index contributed by atoms with van der Waals surface area (Å²) in [6.45, 7) is 1.43. The number of benzene rings is 1. The number of halogens is 2. The molecule has 1 fully saturated rings. The molecule has 0 atom stereocenters. The monoisotopic (exact) mass is 331 g/mol. The number of piperidine rings is 1. The summed E-state index contributed by atoms with van der Waals surface area (Å²) in [6.07, 6.45) is 4.06. The first-order chi connectivity index (χ1) is 8.63.